The Labute approximate surface area is 156 Å². The van der Waals surface area contributed by atoms with Gasteiger partial charge in [0.1, 0.15) is 0 Å². The first-order valence-corrected chi connectivity index (χ1v) is 8.86. The van der Waals surface area contributed by atoms with Crippen molar-refractivity contribution >= 4 is 27.6 Å². The van der Waals surface area contributed by atoms with Gasteiger partial charge in [-0.15, -0.1) is 8.78 Å². The number of rotatable bonds is 4. The zero-order valence-corrected chi connectivity index (χ0v) is 15.1. The topological polar surface area (TPSA) is 59.6 Å². The number of hydrogen-bond donors (Lipinski definition) is 2. The van der Waals surface area contributed by atoms with Crippen molar-refractivity contribution in [2.45, 2.75) is 24.6 Å². The molecule has 2 aromatic rings. The molecule has 4 rings (SSSR count). The average molecular weight is 425 g/mol. The second kappa shape index (κ2) is 6.12. The number of carbonyl (C=O) groups is 1. The molecule has 2 aromatic carbocycles. The molecule has 8 heteroatoms. The van der Waals surface area contributed by atoms with Gasteiger partial charge in [0.15, 0.2) is 11.5 Å². The summed E-state index contributed by atoms with van der Waals surface area (Å²) in [6.45, 7) is 0.490. The van der Waals surface area contributed by atoms with E-state index in [4.69, 9.17) is 0 Å². The van der Waals surface area contributed by atoms with E-state index < -0.39 is 12.3 Å². The summed E-state index contributed by atoms with van der Waals surface area (Å²) in [6, 6.07) is 11.7. The third-order valence-electron chi connectivity index (χ3n) is 4.55. The number of carbonyl (C=O) groups excluding carboxylic acids is 1. The van der Waals surface area contributed by atoms with Crippen molar-refractivity contribution in [2.75, 3.05) is 11.9 Å². The van der Waals surface area contributed by atoms with Crippen molar-refractivity contribution < 1.29 is 23.0 Å². The number of benzene rings is 2. The normalized spacial score (nSPS) is 18.3. The van der Waals surface area contributed by atoms with Crippen LogP contribution in [-0.4, -0.2) is 18.9 Å². The fraction of sp³-hybridized carbons (Fsp3) is 0.278. The fourth-order valence-corrected chi connectivity index (χ4v) is 3.74. The van der Waals surface area contributed by atoms with Crippen molar-refractivity contribution in [1.29, 1.82) is 0 Å². The molecule has 0 saturated heterocycles. The molecular weight excluding hydrogens is 410 g/mol. The molecule has 2 aliphatic rings. The molecule has 0 radical (unpaired) electrons. The number of hydrogen-bond acceptors (Lipinski definition) is 3. The van der Waals surface area contributed by atoms with Crippen LogP contribution in [0.5, 0.6) is 11.5 Å². The summed E-state index contributed by atoms with van der Waals surface area (Å²) < 4.78 is 35.8. The first-order valence-electron chi connectivity index (χ1n) is 8.07. The maximum atomic E-state index is 13.0. The molecule has 0 unspecified atom stereocenters. The van der Waals surface area contributed by atoms with E-state index in [-0.39, 0.29) is 16.9 Å². The lowest BCUT2D eigenvalue weighted by Gasteiger charge is -2.18. The Morgan fingerprint density at radius 2 is 1.85 bits per heavy atom. The van der Waals surface area contributed by atoms with E-state index in [1.807, 2.05) is 18.2 Å². The quantitative estimate of drug-likeness (QED) is 0.752. The number of fused-ring (bicyclic) bond motifs is 1. The predicted molar refractivity (Wildman–Crippen MR) is 94.7 cm³/mol. The lowest BCUT2D eigenvalue weighted by molar-refractivity contribution is -0.286. The van der Waals surface area contributed by atoms with E-state index in [1.54, 1.807) is 0 Å². The highest BCUT2D eigenvalue weighted by Crippen LogP contribution is 2.50. The van der Waals surface area contributed by atoms with Crippen molar-refractivity contribution in [1.82, 2.24) is 5.32 Å². The largest absolute Gasteiger partial charge is 0.586 e. The van der Waals surface area contributed by atoms with Crippen LogP contribution in [0.1, 0.15) is 18.4 Å². The second-order valence-electron chi connectivity index (χ2n) is 6.40. The summed E-state index contributed by atoms with van der Waals surface area (Å²) in [4.78, 5) is 12.2. The SMILES string of the molecule is O=C(NCC1(c2ccccc2Br)CC1)Nc1ccc2c(c1)OC(F)(F)O2. The van der Waals surface area contributed by atoms with E-state index in [0.29, 0.717) is 12.2 Å². The van der Waals surface area contributed by atoms with Gasteiger partial charge in [-0.1, -0.05) is 34.1 Å². The number of urea groups is 1. The van der Waals surface area contributed by atoms with Crippen LogP contribution >= 0.6 is 15.9 Å². The minimum atomic E-state index is -3.68. The van der Waals surface area contributed by atoms with Crippen LogP contribution < -0.4 is 20.1 Å². The van der Waals surface area contributed by atoms with Gasteiger partial charge < -0.3 is 20.1 Å². The van der Waals surface area contributed by atoms with Gasteiger partial charge in [0, 0.05) is 28.2 Å². The van der Waals surface area contributed by atoms with Crippen LogP contribution in [0.2, 0.25) is 0 Å². The van der Waals surface area contributed by atoms with Gasteiger partial charge in [-0.2, -0.15) is 0 Å². The highest BCUT2D eigenvalue weighted by molar-refractivity contribution is 9.10. The van der Waals surface area contributed by atoms with Crippen LogP contribution in [-0.2, 0) is 5.41 Å². The number of alkyl halides is 2. The Bertz CT molecular complexity index is 871. The number of halogens is 3. The Balaban J connectivity index is 1.38. The van der Waals surface area contributed by atoms with Crippen molar-refractivity contribution in [3.8, 4) is 11.5 Å². The molecule has 0 atom stereocenters. The molecule has 2 amide bonds. The van der Waals surface area contributed by atoms with Crippen LogP contribution in [0.25, 0.3) is 0 Å². The van der Waals surface area contributed by atoms with Gasteiger partial charge in [-0.25, -0.2) is 4.79 Å². The Kier molecular flexibility index (Phi) is 4.02. The van der Waals surface area contributed by atoms with E-state index in [2.05, 4.69) is 42.1 Å². The molecular formula is C18H15BrF2N2O3. The average Bonchev–Trinajstić information content (AvgIpc) is 3.30. The Morgan fingerprint density at radius 3 is 2.58 bits per heavy atom. The predicted octanol–water partition coefficient (Wildman–Crippen LogP) is 4.62. The summed E-state index contributed by atoms with van der Waals surface area (Å²) in [7, 11) is 0. The van der Waals surface area contributed by atoms with E-state index >= 15 is 0 Å². The molecule has 0 aromatic heterocycles. The second-order valence-corrected chi connectivity index (χ2v) is 7.25. The van der Waals surface area contributed by atoms with E-state index in [9.17, 15) is 13.6 Å². The molecule has 0 bridgehead atoms. The fourth-order valence-electron chi connectivity index (χ4n) is 3.04. The Morgan fingerprint density at radius 1 is 1.12 bits per heavy atom. The molecule has 1 aliphatic carbocycles. The van der Waals surface area contributed by atoms with Crippen LogP contribution in [0.15, 0.2) is 46.9 Å². The summed E-state index contributed by atoms with van der Waals surface area (Å²) in [5.74, 6) is -0.175. The molecule has 1 aliphatic heterocycles. The third kappa shape index (κ3) is 3.33. The molecule has 2 N–H and O–H groups in total. The maximum Gasteiger partial charge on any atom is 0.586 e. The van der Waals surface area contributed by atoms with Gasteiger partial charge in [0.05, 0.1) is 0 Å². The molecule has 26 heavy (non-hydrogen) atoms. The zero-order chi connectivity index (χ0) is 18.4. The van der Waals surface area contributed by atoms with Crippen molar-refractivity contribution in [2.24, 2.45) is 0 Å². The maximum absolute atomic E-state index is 13.0. The smallest absolute Gasteiger partial charge is 0.395 e. The molecule has 5 nitrogen and oxygen atoms in total. The number of amides is 2. The van der Waals surface area contributed by atoms with Crippen LogP contribution in [0.3, 0.4) is 0 Å². The highest BCUT2D eigenvalue weighted by atomic mass is 79.9. The molecule has 1 saturated carbocycles. The number of anilines is 1. The standard InChI is InChI=1S/C18H15BrF2N2O3/c19-13-4-2-1-3-12(13)17(7-8-17)10-22-16(24)23-11-5-6-14-15(9-11)26-18(20,21)25-14/h1-6,9H,7-8,10H2,(H2,22,23,24). The number of nitrogens with one attached hydrogen (secondary N) is 2. The van der Waals surface area contributed by atoms with Crippen LogP contribution in [0, 0.1) is 0 Å². The van der Waals surface area contributed by atoms with Gasteiger partial charge in [-0.05, 0) is 36.6 Å². The van der Waals surface area contributed by atoms with Gasteiger partial charge in [0.25, 0.3) is 0 Å². The van der Waals surface area contributed by atoms with E-state index in [0.717, 1.165) is 17.3 Å². The minimum Gasteiger partial charge on any atom is -0.395 e. The highest BCUT2D eigenvalue weighted by Gasteiger charge is 2.45. The third-order valence-corrected chi connectivity index (χ3v) is 5.24. The number of ether oxygens (including phenoxy) is 2. The first kappa shape index (κ1) is 17.1. The van der Waals surface area contributed by atoms with Gasteiger partial charge in [0.2, 0.25) is 0 Å². The van der Waals surface area contributed by atoms with Gasteiger partial charge in [-0.3, -0.25) is 0 Å². The first-order chi connectivity index (χ1) is 12.4. The van der Waals surface area contributed by atoms with Crippen molar-refractivity contribution in [3.63, 3.8) is 0 Å². The van der Waals surface area contributed by atoms with Crippen LogP contribution in [0.4, 0.5) is 19.3 Å². The lowest BCUT2D eigenvalue weighted by Crippen LogP contribution is -2.35. The summed E-state index contributed by atoms with van der Waals surface area (Å²) in [6.07, 6.45) is -1.69. The summed E-state index contributed by atoms with van der Waals surface area (Å²) in [5.41, 5.74) is 1.45. The molecule has 0 spiro atoms. The summed E-state index contributed by atoms with van der Waals surface area (Å²) in [5, 5.41) is 5.48. The molecule has 136 valence electrons. The zero-order valence-electron chi connectivity index (χ0n) is 13.5. The molecule has 1 heterocycles. The molecule has 1 fully saturated rings. The monoisotopic (exact) mass is 424 g/mol. The van der Waals surface area contributed by atoms with E-state index in [1.165, 1.54) is 23.8 Å². The Hall–Kier alpha value is -2.35. The summed E-state index contributed by atoms with van der Waals surface area (Å²) >= 11 is 3.56. The van der Waals surface area contributed by atoms with Gasteiger partial charge >= 0.3 is 12.3 Å². The lowest BCUT2D eigenvalue weighted by atomic mass is 9.96. The van der Waals surface area contributed by atoms with Crippen molar-refractivity contribution in [3.05, 3.63) is 52.5 Å². The minimum absolute atomic E-state index is 0.0611.